The van der Waals surface area contributed by atoms with Gasteiger partial charge in [-0.15, -0.1) is 0 Å². The van der Waals surface area contributed by atoms with Gasteiger partial charge in [0.2, 0.25) is 0 Å². The van der Waals surface area contributed by atoms with E-state index in [0.29, 0.717) is 12.8 Å². The third kappa shape index (κ3) is 41.3. The molecule has 2 atom stereocenters. The van der Waals surface area contributed by atoms with E-state index in [1.165, 1.54) is 38.5 Å². The van der Waals surface area contributed by atoms with Crippen LogP contribution in [0.4, 0.5) is 0 Å². The quantitative estimate of drug-likeness (QED) is 0.0261. The van der Waals surface area contributed by atoms with Crippen molar-refractivity contribution in [1.29, 1.82) is 0 Å². The number of likely N-dealkylation sites (N-methyl/N-ethyl adjacent to an activating group) is 1. The molecule has 0 aromatic carbocycles. The number of allylic oxidation sites excluding steroid dienone is 18. The molecular weight excluding hydrogens is 775 g/mol. The first-order valence-electron chi connectivity index (χ1n) is 23.9. The largest absolute Gasteiger partial charge is 0.544 e. The topological polar surface area (TPSA) is 102 Å². The number of ether oxygens (including phenoxy) is 3. The molecule has 0 aliphatic rings. The fourth-order valence-electron chi connectivity index (χ4n) is 6.29. The van der Waals surface area contributed by atoms with E-state index >= 15 is 0 Å². The van der Waals surface area contributed by atoms with Crippen LogP contribution in [-0.4, -0.2) is 75.5 Å². The molecular formula is C54H87NO7. The highest BCUT2D eigenvalue weighted by molar-refractivity contribution is 5.70. The number of nitrogens with zero attached hydrogens (tertiary/aromatic N) is 1. The molecule has 0 N–H and O–H groups in total. The number of rotatable bonds is 41. The fourth-order valence-corrected chi connectivity index (χ4v) is 6.29. The number of hydrogen-bond donors (Lipinski definition) is 0. The SMILES string of the molecule is CC/C=C/C/C=C/C/C=C/C/C=C/C/C=C/C/C=C/CCC(=O)OC(COCCC(C(=O)[O-])[N+](C)(C)C)COC(=O)CCCCCCCCCCC/C=C/C/C=C/C/C=C/CC. The molecule has 0 aromatic rings. The highest BCUT2D eigenvalue weighted by Gasteiger charge is 2.25. The van der Waals surface area contributed by atoms with Crippen molar-refractivity contribution < 1.29 is 38.2 Å². The number of carboxylic acid groups (broad SMARTS) is 1. The molecule has 8 nitrogen and oxygen atoms in total. The Morgan fingerprint density at radius 1 is 0.484 bits per heavy atom. The Kier molecular flexibility index (Phi) is 40.8. The summed E-state index contributed by atoms with van der Waals surface area (Å²) in [7, 11) is 5.37. The first kappa shape index (κ1) is 58.0. The summed E-state index contributed by atoms with van der Waals surface area (Å²) in [6.07, 6.45) is 59.9. The summed E-state index contributed by atoms with van der Waals surface area (Å²) >= 11 is 0. The Labute approximate surface area is 378 Å². The van der Waals surface area contributed by atoms with Crippen LogP contribution in [-0.2, 0) is 28.6 Å². The van der Waals surface area contributed by atoms with E-state index in [1.807, 2.05) is 12.2 Å². The van der Waals surface area contributed by atoms with Gasteiger partial charge < -0.3 is 28.6 Å². The van der Waals surface area contributed by atoms with Gasteiger partial charge in [-0.3, -0.25) is 9.59 Å². The summed E-state index contributed by atoms with van der Waals surface area (Å²) in [6, 6.07) is -0.746. The number of unbranched alkanes of at least 4 members (excludes halogenated alkanes) is 9. The van der Waals surface area contributed by atoms with Gasteiger partial charge in [0, 0.05) is 19.3 Å². The third-order valence-corrected chi connectivity index (χ3v) is 9.92. The highest BCUT2D eigenvalue weighted by Crippen LogP contribution is 2.13. The Hall–Kier alpha value is -4.01. The molecule has 0 rings (SSSR count). The molecule has 350 valence electrons. The van der Waals surface area contributed by atoms with Crippen molar-refractivity contribution >= 4 is 17.9 Å². The Bertz CT molecular complexity index is 1370. The van der Waals surface area contributed by atoms with Crippen molar-refractivity contribution in [3.05, 3.63) is 109 Å². The molecule has 0 saturated carbocycles. The summed E-state index contributed by atoms with van der Waals surface area (Å²) in [4.78, 5) is 36.9. The van der Waals surface area contributed by atoms with Gasteiger partial charge in [-0.05, 0) is 83.5 Å². The lowest BCUT2D eigenvalue weighted by molar-refractivity contribution is -0.889. The van der Waals surface area contributed by atoms with Crippen molar-refractivity contribution in [3.8, 4) is 0 Å². The number of aliphatic carboxylic acids is 1. The minimum absolute atomic E-state index is 0.00155. The van der Waals surface area contributed by atoms with Crippen molar-refractivity contribution in [2.24, 2.45) is 0 Å². The van der Waals surface area contributed by atoms with Gasteiger partial charge in [0.05, 0.1) is 40.3 Å². The molecule has 0 spiro atoms. The van der Waals surface area contributed by atoms with Crippen LogP contribution in [0, 0.1) is 0 Å². The van der Waals surface area contributed by atoms with Gasteiger partial charge in [0.15, 0.2) is 6.10 Å². The van der Waals surface area contributed by atoms with Crippen LogP contribution >= 0.6 is 0 Å². The summed E-state index contributed by atoms with van der Waals surface area (Å²) in [5, 5.41) is 11.6. The molecule has 0 saturated heterocycles. The summed E-state index contributed by atoms with van der Waals surface area (Å²) in [5.74, 6) is -1.86. The van der Waals surface area contributed by atoms with E-state index in [0.717, 1.165) is 83.5 Å². The number of carboxylic acids is 1. The molecule has 0 fully saturated rings. The molecule has 0 heterocycles. The maximum atomic E-state index is 12.7. The van der Waals surface area contributed by atoms with E-state index in [-0.39, 0.29) is 43.1 Å². The van der Waals surface area contributed by atoms with Crippen molar-refractivity contribution in [1.82, 2.24) is 0 Å². The minimum atomic E-state index is -1.14. The second-order valence-corrected chi connectivity index (χ2v) is 16.6. The lowest BCUT2D eigenvalue weighted by atomic mass is 10.1. The number of carbonyl (C=O) groups excluding carboxylic acids is 3. The number of esters is 2. The van der Waals surface area contributed by atoms with E-state index in [1.54, 1.807) is 21.1 Å². The van der Waals surface area contributed by atoms with Crippen LogP contribution in [0.25, 0.3) is 0 Å². The van der Waals surface area contributed by atoms with Crippen molar-refractivity contribution in [2.45, 2.75) is 174 Å². The lowest BCUT2D eigenvalue weighted by Gasteiger charge is -2.34. The highest BCUT2D eigenvalue weighted by atomic mass is 16.6. The van der Waals surface area contributed by atoms with Gasteiger partial charge in [0.1, 0.15) is 12.6 Å². The molecule has 62 heavy (non-hydrogen) atoms. The minimum Gasteiger partial charge on any atom is -0.544 e. The second-order valence-electron chi connectivity index (χ2n) is 16.6. The smallest absolute Gasteiger partial charge is 0.306 e. The summed E-state index contributed by atoms with van der Waals surface area (Å²) < 4.78 is 17.1. The molecule has 2 unspecified atom stereocenters. The molecule has 0 bridgehead atoms. The first-order chi connectivity index (χ1) is 30.1. The summed E-state index contributed by atoms with van der Waals surface area (Å²) in [6.45, 7) is 4.34. The predicted octanol–water partition coefficient (Wildman–Crippen LogP) is 12.3. The van der Waals surface area contributed by atoms with Crippen LogP contribution in [0.2, 0.25) is 0 Å². The Morgan fingerprint density at radius 3 is 1.32 bits per heavy atom. The van der Waals surface area contributed by atoms with E-state index < -0.39 is 24.1 Å². The number of quaternary nitrogens is 1. The first-order valence-corrected chi connectivity index (χ1v) is 23.9. The van der Waals surface area contributed by atoms with Crippen LogP contribution in [0.5, 0.6) is 0 Å². The van der Waals surface area contributed by atoms with Crippen molar-refractivity contribution in [3.63, 3.8) is 0 Å². The maximum Gasteiger partial charge on any atom is 0.306 e. The zero-order valence-corrected chi connectivity index (χ0v) is 39.7. The fraction of sp³-hybridized carbons (Fsp3) is 0.611. The standard InChI is InChI=1S/C54H87NO7/c1-6-8-10-12-14-16-18-20-22-24-26-28-30-32-34-36-38-40-42-44-52(56)61-49-50(48-60-47-46-51(54(58)59)55(3,4)5)62-53(57)45-43-41-39-37-35-33-31-29-27-25-23-21-19-17-15-13-11-9-7-2/h8-11,14-17,20-23,27,29,33,35,39,41,50-51H,6-7,12-13,18-19,24-26,28,30-32,34,36-38,40,42-49H2,1-5H3/b10-8+,11-9+,16-14+,17-15+,22-20+,23-21+,29-27+,35-33+,41-39+. The molecule has 0 aliphatic carbocycles. The monoisotopic (exact) mass is 862 g/mol. The second kappa shape index (κ2) is 43.6. The van der Waals surface area contributed by atoms with Crippen LogP contribution in [0.15, 0.2) is 109 Å². The number of carbonyl (C=O) groups is 3. The lowest BCUT2D eigenvalue weighted by Crippen LogP contribution is -2.55. The van der Waals surface area contributed by atoms with Gasteiger partial charge in [-0.1, -0.05) is 168 Å². The molecule has 0 aliphatic heterocycles. The number of hydrogen-bond acceptors (Lipinski definition) is 7. The zero-order chi connectivity index (χ0) is 45.6. The average Bonchev–Trinajstić information content (AvgIpc) is 3.23. The Balaban J connectivity index is 4.44. The molecule has 8 heteroatoms. The Morgan fingerprint density at radius 2 is 0.887 bits per heavy atom. The van der Waals surface area contributed by atoms with Gasteiger partial charge >= 0.3 is 11.9 Å². The zero-order valence-electron chi connectivity index (χ0n) is 39.7. The van der Waals surface area contributed by atoms with Crippen LogP contribution in [0.3, 0.4) is 0 Å². The molecule has 0 amide bonds. The molecule has 0 aromatic heterocycles. The predicted molar refractivity (Wildman–Crippen MR) is 258 cm³/mol. The third-order valence-electron chi connectivity index (χ3n) is 9.92. The van der Waals surface area contributed by atoms with Gasteiger partial charge in [-0.2, -0.15) is 0 Å². The van der Waals surface area contributed by atoms with Crippen LogP contribution < -0.4 is 5.11 Å². The maximum absolute atomic E-state index is 12.7. The summed E-state index contributed by atoms with van der Waals surface area (Å²) in [5.41, 5.74) is 0. The average molecular weight is 862 g/mol. The van der Waals surface area contributed by atoms with E-state index in [9.17, 15) is 19.5 Å². The van der Waals surface area contributed by atoms with E-state index in [4.69, 9.17) is 14.2 Å². The van der Waals surface area contributed by atoms with Gasteiger partial charge in [0.25, 0.3) is 0 Å². The van der Waals surface area contributed by atoms with Gasteiger partial charge in [-0.25, -0.2) is 0 Å². The normalized spacial score (nSPS) is 13.9. The molecule has 0 radical (unpaired) electrons. The van der Waals surface area contributed by atoms with Crippen molar-refractivity contribution in [2.75, 3.05) is 41.0 Å². The van der Waals surface area contributed by atoms with E-state index in [2.05, 4.69) is 111 Å². The van der Waals surface area contributed by atoms with Crippen LogP contribution in [0.1, 0.15) is 162 Å².